The molecule has 0 aliphatic carbocycles. The van der Waals surface area contributed by atoms with Gasteiger partial charge in [-0.25, -0.2) is 0 Å². The maximum absolute atomic E-state index is 12.7. The van der Waals surface area contributed by atoms with Gasteiger partial charge in [0.2, 0.25) is 11.0 Å². The SMILES string of the molecule is N[C@@H]1C(=O)N2C(C(=S)OC(c3ccccc3)c3ccccc3)=C(Cc3cn[nH]c3)CS[C@H]12. The summed E-state index contributed by atoms with van der Waals surface area (Å²) in [5.74, 6) is 0.608. The van der Waals surface area contributed by atoms with E-state index in [1.54, 1.807) is 22.9 Å². The molecule has 1 aromatic heterocycles. The highest BCUT2D eigenvalue weighted by atomic mass is 32.2. The van der Waals surface area contributed by atoms with E-state index in [2.05, 4.69) is 10.2 Å². The number of amides is 1. The Morgan fingerprint density at radius 2 is 1.84 bits per heavy atom. The molecule has 1 saturated heterocycles. The van der Waals surface area contributed by atoms with Crippen LogP contribution in [0.5, 0.6) is 0 Å². The number of H-pyrrole nitrogens is 1. The van der Waals surface area contributed by atoms with Crippen molar-refractivity contribution in [2.45, 2.75) is 23.9 Å². The van der Waals surface area contributed by atoms with Crippen molar-refractivity contribution >= 4 is 34.9 Å². The molecular formula is C24H22N4O2S2. The summed E-state index contributed by atoms with van der Waals surface area (Å²) in [4.78, 5) is 14.4. The minimum atomic E-state index is -0.507. The number of fused-ring (bicyclic) bond motifs is 1. The second-order valence-corrected chi connectivity index (χ2v) is 9.25. The first-order chi connectivity index (χ1) is 15.6. The highest BCUT2D eigenvalue weighted by molar-refractivity contribution is 8.00. The van der Waals surface area contributed by atoms with E-state index in [-0.39, 0.29) is 17.4 Å². The fourth-order valence-corrected chi connectivity index (χ4v) is 5.70. The fourth-order valence-electron chi connectivity index (χ4n) is 4.07. The number of hydrogen-bond acceptors (Lipinski definition) is 6. The van der Waals surface area contributed by atoms with Gasteiger partial charge in [-0.2, -0.15) is 5.10 Å². The molecule has 3 heterocycles. The number of thiocarbonyl (C=S) groups is 1. The van der Waals surface area contributed by atoms with Gasteiger partial charge in [-0.05, 0) is 40.9 Å². The lowest BCUT2D eigenvalue weighted by molar-refractivity contribution is -0.140. The molecule has 2 aliphatic heterocycles. The Bertz CT molecular complexity index is 1110. The maximum Gasteiger partial charge on any atom is 0.248 e. The average molecular weight is 463 g/mol. The highest BCUT2D eigenvalue weighted by Crippen LogP contribution is 2.41. The molecule has 0 spiro atoms. The molecule has 2 aromatic carbocycles. The van der Waals surface area contributed by atoms with Gasteiger partial charge in [-0.1, -0.05) is 60.7 Å². The van der Waals surface area contributed by atoms with E-state index in [1.165, 1.54) is 0 Å². The van der Waals surface area contributed by atoms with Crippen LogP contribution in [0.15, 0.2) is 84.3 Å². The van der Waals surface area contributed by atoms with Gasteiger partial charge in [0.15, 0.2) is 0 Å². The first kappa shape index (κ1) is 20.9. The van der Waals surface area contributed by atoms with Crippen LogP contribution in [0.2, 0.25) is 0 Å². The van der Waals surface area contributed by atoms with E-state index in [4.69, 9.17) is 22.7 Å². The van der Waals surface area contributed by atoms with Crippen LogP contribution in [0.1, 0.15) is 22.8 Å². The molecule has 1 fully saturated rings. The van der Waals surface area contributed by atoms with Crippen molar-refractivity contribution in [3.63, 3.8) is 0 Å². The lowest BCUT2D eigenvalue weighted by Gasteiger charge is -2.49. The maximum atomic E-state index is 12.7. The smallest absolute Gasteiger partial charge is 0.248 e. The minimum absolute atomic E-state index is 0.112. The number of benzene rings is 2. The van der Waals surface area contributed by atoms with E-state index in [9.17, 15) is 4.79 Å². The first-order valence-electron chi connectivity index (χ1n) is 10.3. The van der Waals surface area contributed by atoms with E-state index in [1.807, 2.05) is 66.9 Å². The van der Waals surface area contributed by atoms with Gasteiger partial charge in [-0.15, -0.1) is 11.8 Å². The van der Waals surface area contributed by atoms with Crippen LogP contribution in [0.3, 0.4) is 0 Å². The third kappa shape index (κ3) is 3.85. The van der Waals surface area contributed by atoms with E-state index >= 15 is 0 Å². The summed E-state index contributed by atoms with van der Waals surface area (Å²) in [6.45, 7) is 0. The molecule has 3 N–H and O–H groups in total. The zero-order valence-corrected chi connectivity index (χ0v) is 18.8. The topological polar surface area (TPSA) is 84.2 Å². The molecular weight excluding hydrogens is 440 g/mol. The number of aromatic nitrogens is 2. The Kier molecular flexibility index (Phi) is 5.82. The van der Waals surface area contributed by atoms with Gasteiger partial charge in [-0.3, -0.25) is 14.8 Å². The Morgan fingerprint density at radius 1 is 1.19 bits per heavy atom. The molecule has 3 aromatic rings. The third-order valence-electron chi connectivity index (χ3n) is 5.68. The molecule has 5 rings (SSSR count). The number of ether oxygens (including phenoxy) is 1. The Labute approximate surface area is 195 Å². The normalized spacial score (nSPS) is 20.2. The molecule has 8 heteroatoms. The summed E-state index contributed by atoms with van der Waals surface area (Å²) in [5.41, 5.74) is 10.8. The summed E-state index contributed by atoms with van der Waals surface area (Å²) >= 11 is 7.49. The van der Waals surface area contributed by atoms with Crippen molar-refractivity contribution in [3.8, 4) is 0 Å². The molecule has 0 radical (unpaired) electrons. The van der Waals surface area contributed by atoms with E-state index in [0.717, 1.165) is 28.0 Å². The summed E-state index contributed by atoms with van der Waals surface area (Å²) in [5, 5.41) is 7.09. The number of nitrogens with two attached hydrogens (primary N) is 1. The van der Waals surface area contributed by atoms with Crippen molar-refractivity contribution in [1.29, 1.82) is 0 Å². The predicted octanol–water partition coefficient (Wildman–Crippen LogP) is 3.58. The quantitative estimate of drug-likeness (QED) is 0.430. The number of carbonyl (C=O) groups excluding carboxylic acids is 1. The van der Waals surface area contributed by atoms with Crippen LogP contribution in [-0.4, -0.2) is 43.2 Å². The number of nitrogens with one attached hydrogen (secondary N) is 1. The van der Waals surface area contributed by atoms with Crippen molar-refractivity contribution in [1.82, 2.24) is 15.1 Å². The summed E-state index contributed by atoms with van der Waals surface area (Å²) < 4.78 is 6.45. The molecule has 32 heavy (non-hydrogen) atoms. The van der Waals surface area contributed by atoms with Gasteiger partial charge in [0, 0.05) is 11.9 Å². The van der Waals surface area contributed by atoms with E-state index in [0.29, 0.717) is 17.2 Å². The number of hydrogen-bond donors (Lipinski definition) is 2. The minimum Gasteiger partial charge on any atom is -0.469 e. The zero-order valence-electron chi connectivity index (χ0n) is 17.2. The molecule has 162 valence electrons. The van der Waals surface area contributed by atoms with Crippen LogP contribution in [-0.2, 0) is 16.0 Å². The Hall–Kier alpha value is -2.94. The number of β-lactam (4-membered cyclic amide) rings is 1. The molecule has 6 nitrogen and oxygen atoms in total. The molecule has 0 saturated carbocycles. The molecule has 2 aliphatic rings. The number of aromatic amines is 1. The molecule has 0 bridgehead atoms. The largest absolute Gasteiger partial charge is 0.469 e. The first-order valence-corrected chi connectivity index (χ1v) is 11.8. The molecule has 1 amide bonds. The summed E-state index contributed by atoms with van der Waals surface area (Å²) in [6, 6.07) is 19.4. The third-order valence-corrected chi connectivity index (χ3v) is 7.33. The number of carbonyl (C=O) groups is 1. The lowest BCUT2D eigenvalue weighted by atomic mass is 10.00. The standard InChI is InChI=1S/C24H22N4O2S2/c25-19-22(29)28-20(18(14-32-23(19)28)11-15-12-26-27-13-15)24(31)30-21(16-7-3-1-4-8-16)17-9-5-2-6-10-17/h1-10,12-13,19,21,23H,11,14,25H2,(H,26,27)/t19-,23-/m1/s1. The van der Waals surface area contributed by atoms with E-state index < -0.39 is 6.04 Å². The highest BCUT2D eigenvalue weighted by Gasteiger charge is 2.51. The lowest BCUT2D eigenvalue weighted by Crippen LogP contribution is -2.68. The van der Waals surface area contributed by atoms with Crippen molar-refractivity contribution in [2.24, 2.45) is 5.73 Å². The zero-order chi connectivity index (χ0) is 22.1. The van der Waals surface area contributed by atoms with Crippen LogP contribution in [0, 0.1) is 0 Å². The summed E-state index contributed by atoms with van der Waals surface area (Å²) in [6.07, 6.45) is 3.89. The van der Waals surface area contributed by atoms with Gasteiger partial charge < -0.3 is 10.5 Å². The Balaban J connectivity index is 1.51. The summed E-state index contributed by atoms with van der Waals surface area (Å²) in [7, 11) is 0. The van der Waals surface area contributed by atoms with Crippen LogP contribution < -0.4 is 5.73 Å². The van der Waals surface area contributed by atoms with Crippen LogP contribution in [0.25, 0.3) is 0 Å². The molecule has 0 unspecified atom stereocenters. The molecule has 2 atom stereocenters. The monoisotopic (exact) mass is 462 g/mol. The predicted molar refractivity (Wildman–Crippen MR) is 129 cm³/mol. The number of nitrogens with zero attached hydrogens (tertiary/aromatic N) is 2. The van der Waals surface area contributed by atoms with Crippen LogP contribution in [0.4, 0.5) is 0 Å². The van der Waals surface area contributed by atoms with Crippen molar-refractivity contribution < 1.29 is 9.53 Å². The fraction of sp³-hybridized carbons (Fsp3) is 0.208. The van der Waals surface area contributed by atoms with Crippen molar-refractivity contribution in [3.05, 3.63) is 101 Å². The van der Waals surface area contributed by atoms with Gasteiger partial charge in [0.1, 0.15) is 17.5 Å². The van der Waals surface area contributed by atoms with Crippen molar-refractivity contribution in [2.75, 3.05) is 5.75 Å². The average Bonchev–Trinajstić information content (AvgIpc) is 3.36. The van der Waals surface area contributed by atoms with Gasteiger partial charge in [0.05, 0.1) is 11.9 Å². The number of rotatable bonds is 6. The Morgan fingerprint density at radius 3 is 2.44 bits per heavy atom. The second kappa shape index (κ2) is 8.90. The van der Waals surface area contributed by atoms with Gasteiger partial charge in [0.25, 0.3) is 0 Å². The number of thioether (sulfide) groups is 1. The van der Waals surface area contributed by atoms with Gasteiger partial charge >= 0.3 is 0 Å². The van der Waals surface area contributed by atoms with Crippen LogP contribution >= 0.6 is 24.0 Å². The second-order valence-electron chi connectivity index (χ2n) is 7.78.